The second kappa shape index (κ2) is 44.4. The quantitative estimate of drug-likeness (QED) is 0.0317. The van der Waals surface area contributed by atoms with E-state index in [2.05, 4.69) is 18.8 Å². The largest absolute Gasteiger partial charge is 0.480 e. The smallest absolute Gasteiger partial charge is 0.326 e. The summed E-state index contributed by atoms with van der Waals surface area (Å²) in [6.07, 6.45) is 49.6. The predicted octanol–water partition coefficient (Wildman–Crippen LogP) is 14.5. The zero-order valence-electron chi connectivity index (χ0n) is 38.7. The van der Waals surface area contributed by atoms with Crippen LogP contribution in [0.25, 0.3) is 0 Å². The van der Waals surface area contributed by atoms with Crippen molar-refractivity contribution in [3.05, 3.63) is 0 Å². The monoisotopic (exact) mass is 819 g/mol. The van der Waals surface area contributed by atoms with Gasteiger partial charge in [0.1, 0.15) is 6.04 Å². The molecule has 8 heteroatoms. The van der Waals surface area contributed by atoms with Crippen LogP contribution in [0, 0.1) is 0 Å². The maximum Gasteiger partial charge on any atom is 0.326 e. The molecule has 0 aromatic carbocycles. The molecule has 0 saturated heterocycles. The lowest BCUT2D eigenvalue weighted by atomic mass is 10.0. The molecule has 0 aliphatic heterocycles. The predicted molar refractivity (Wildman–Crippen MR) is 249 cm³/mol. The highest BCUT2D eigenvalue weighted by molar-refractivity contribution is 5.99. The minimum absolute atomic E-state index is 0.0513. The van der Waals surface area contributed by atoms with Crippen LogP contribution in [-0.2, 0) is 14.4 Å². The first-order valence-corrected chi connectivity index (χ1v) is 25.5. The average Bonchev–Trinajstić information content (AvgIpc) is 3.20. The van der Waals surface area contributed by atoms with Gasteiger partial charge in [-0.15, -0.1) is 0 Å². The molecule has 58 heavy (non-hydrogen) atoms. The summed E-state index contributed by atoms with van der Waals surface area (Å²) in [6.45, 7) is 4.82. The van der Waals surface area contributed by atoms with E-state index in [1.54, 1.807) is 0 Å². The van der Waals surface area contributed by atoms with Crippen molar-refractivity contribution in [2.24, 2.45) is 16.5 Å². The van der Waals surface area contributed by atoms with Gasteiger partial charge in [-0.2, -0.15) is 0 Å². The fraction of sp³-hybridized carbons (Fsp3) is 0.920. The third kappa shape index (κ3) is 38.1. The highest BCUT2D eigenvalue weighted by atomic mass is 16.4. The molecule has 0 aliphatic rings. The Morgan fingerprint density at radius 1 is 0.414 bits per heavy atom. The highest BCUT2D eigenvalue weighted by Gasteiger charge is 2.33. The van der Waals surface area contributed by atoms with Gasteiger partial charge in [0.25, 0.3) is 0 Å². The molecular formula is C50H98N4O4. The molecule has 0 aliphatic carbocycles. The number of hydrogen-bond donors (Lipinski definition) is 3. The summed E-state index contributed by atoms with van der Waals surface area (Å²) in [5.74, 6) is -1.91. The standard InChI is InChI=1S/C50H98N4O4/c1-3-5-7-9-11-13-15-17-19-21-23-25-27-29-31-33-35-37-39-43-47(55)54(46(49(57)58)42-41-45-53-50(51)52)48(56)44-40-38-36-34-32-30-28-26-24-22-20-18-16-14-12-10-8-6-4-2/h46H,3-45H2,1-2H3,(H,57,58)(H4,51,52,53). The number of carbonyl (C=O) groups excluding carboxylic acids is 2. The zero-order chi connectivity index (χ0) is 42.6. The van der Waals surface area contributed by atoms with Crippen LogP contribution in [0.3, 0.4) is 0 Å². The van der Waals surface area contributed by atoms with E-state index in [1.807, 2.05) is 0 Å². The van der Waals surface area contributed by atoms with Crippen LogP contribution in [-0.4, -0.2) is 46.3 Å². The molecule has 0 saturated carbocycles. The summed E-state index contributed by atoms with van der Waals surface area (Å²) in [4.78, 5) is 44.2. The van der Waals surface area contributed by atoms with E-state index in [9.17, 15) is 19.5 Å². The normalized spacial score (nSPS) is 11.8. The van der Waals surface area contributed by atoms with Gasteiger partial charge < -0.3 is 16.6 Å². The van der Waals surface area contributed by atoms with Gasteiger partial charge in [-0.05, 0) is 25.7 Å². The molecule has 8 nitrogen and oxygen atoms in total. The van der Waals surface area contributed by atoms with Crippen LogP contribution < -0.4 is 11.5 Å². The Morgan fingerprint density at radius 3 is 0.879 bits per heavy atom. The zero-order valence-corrected chi connectivity index (χ0v) is 38.7. The lowest BCUT2D eigenvalue weighted by Gasteiger charge is -2.27. The number of aliphatic imine (C=N–C) groups is 1. The number of carboxylic acids is 1. The molecule has 0 heterocycles. The van der Waals surface area contributed by atoms with Crippen LogP contribution in [0.4, 0.5) is 0 Å². The first kappa shape index (κ1) is 55.9. The topological polar surface area (TPSA) is 139 Å². The van der Waals surface area contributed by atoms with Crippen molar-refractivity contribution in [2.45, 2.75) is 290 Å². The molecule has 0 aromatic rings. The van der Waals surface area contributed by atoms with Crippen LogP contribution in [0.5, 0.6) is 0 Å². The van der Waals surface area contributed by atoms with E-state index < -0.39 is 12.0 Å². The molecule has 0 aromatic heterocycles. The lowest BCUT2D eigenvalue weighted by Crippen LogP contribution is -2.48. The van der Waals surface area contributed by atoms with Crippen LogP contribution >= 0.6 is 0 Å². The van der Waals surface area contributed by atoms with Crippen LogP contribution in [0.15, 0.2) is 4.99 Å². The number of rotatable bonds is 46. The molecule has 1 unspecified atom stereocenters. The SMILES string of the molecule is CCCCCCCCCCCCCCCCCCCCCC(=O)N(C(=O)CCCCCCCCCCCCCCCCCCCCC)C(CCCN=C(N)N)C(=O)O. The van der Waals surface area contributed by atoms with Gasteiger partial charge in [-0.25, -0.2) is 4.79 Å². The second-order valence-electron chi connectivity index (χ2n) is 17.7. The number of carbonyl (C=O) groups is 3. The van der Waals surface area contributed by atoms with E-state index in [1.165, 1.54) is 193 Å². The van der Waals surface area contributed by atoms with Crippen molar-refractivity contribution in [3.63, 3.8) is 0 Å². The number of unbranched alkanes of at least 4 members (excludes halogenated alkanes) is 36. The first-order chi connectivity index (χ1) is 28.3. The summed E-state index contributed by atoms with van der Waals surface area (Å²) in [6, 6.07) is -1.19. The van der Waals surface area contributed by atoms with E-state index in [-0.39, 0.29) is 43.6 Å². The number of carboxylic acid groups (broad SMARTS) is 1. The molecule has 0 spiro atoms. The Morgan fingerprint density at radius 2 is 0.655 bits per heavy atom. The summed E-state index contributed by atoms with van der Waals surface area (Å²) < 4.78 is 0. The van der Waals surface area contributed by atoms with E-state index in [0.717, 1.165) is 43.4 Å². The van der Waals surface area contributed by atoms with Gasteiger partial charge in [0, 0.05) is 19.4 Å². The van der Waals surface area contributed by atoms with Crippen LogP contribution in [0.1, 0.15) is 284 Å². The molecule has 0 radical (unpaired) electrons. The number of hydrogen-bond acceptors (Lipinski definition) is 4. The van der Waals surface area contributed by atoms with Crippen molar-refractivity contribution in [1.82, 2.24) is 4.90 Å². The third-order valence-electron chi connectivity index (χ3n) is 12.1. The molecule has 0 bridgehead atoms. The fourth-order valence-electron chi connectivity index (χ4n) is 8.29. The Balaban J connectivity index is 4.26. The van der Waals surface area contributed by atoms with Gasteiger partial charge >= 0.3 is 5.97 Å². The lowest BCUT2D eigenvalue weighted by molar-refractivity contribution is -0.158. The van der Waals surface area contributed by atoms with E-state index in [0.29, 0.717) is 19.3 Å². The Bertz CT molecular complexity index is 900. The average molecular weight is 819 g/mol. The van der Waals surface area contributed by atoms with Crippen molar-refractivity contribution in [1.29, 1.82) is 0 Å². The molecule has 2 amide bonds. The maximum atomic E-state index is 13.4. The third-order valence-corrected chi connectivity index (χ3v) is 12.1. The molecule has 5 N–H and O–H groups in total. The van der Waals surface area contributed by atoms with Crippen molar-refractivity contribution in [2.75, 3.05) is 6.54 Å². The minimum Gasteiger partial charge on any atom is -0.480 e. The van der Waals surface area contributed by atoms with Gasteiger partial charge in [0.2, 0.25) is 11.8 Å². The molecule has 0 rings (SSSR count). The molecule has 0 fully saturated rings. The summed E-state index contributed by atoms with van der Waals surface area (Å²) in [7, 11) is 0. The maximum absolute atomic E-state index is 13.4. The number of amides is 2. The number of aliphatic carboxylic acids is 1. The second-order valence-corrected chi connectivity index (χ2v) is 17.7. The minimum atomic E-state index is -1.19. The number of imide groups is 1. The first-order valence-electron chi connectivity index (χ1n) is 25.5. The fourth-order valence-corrected chi connectivity index (χ4v) is 8.29. The summed E-state index contributed by atoms with van der Waals surface area (Å²) in [5, 5.41) is 10.1. The van der Waals surface area contributed by atoms with Crippen molar-refractivity contribution < 1.29 is 19.5 Å². The van der Waals surface area contributed by atoms with Crippen LogP contribution in [0.2, 0.25) is 0 Å². The molecule has 1 atom stereocenters. The van der Waals surface area contributed by atoms with Gasteiger partial charge in [-0.3, -0.25) is 19.5 Å². The Labute approximate surface area is 359 Å². The summed E-state index contributed by atoms with van der Waals surface area (Å²) in [5.41, 5.74) is 10.9. The number of nitrogens with zero attached hydrogens (tertiary/aromatic N) is 2. The molecule has 342 valence electrons. The van der Waals surface area contributed by atoms with E-state index in [4.69, 9.17) is 11.5 Å². The van der Waals surface area contributed by atoms with Gasteiger partial charge in [0.15, 0.2) is 5.96 Å². The van der Waals surface area contributed by atoms with Crippen molar-refractivity contribution in [3.8, 4) is 0 Å². The number of nitrogens with two attached hydrogens (primary N) is 2. The van der Waals surface area contributed by atoms with Crippen molar-refractivity contribution >= 4 is 23.7 Å². The Hall–Kier alpha value is -2.12. The van der Waals surface area contributed by atoms with E-state index >= 15 is 0 Å². The number of guanidine groups is 1. The molecular weight excluding hydrogens is 721 g/mol. The highest BCUT2D eigenvalue weighted by Crippen LogP contribution is 2.19. The van der Waals surface area contributed by atoms with Gasteiger partial charge in [-0.1, -0.05) is 245 Å². The van der Waals surface area contributed by atoms with Gasteiger partial charge in [0.05, 0.1) is 0 Å². The summed E-state index contributed by atoms with van der Waals surface area (Å²) >= 11 is 0. The Kier molecular flexibility index (Phi) is 42.8.